The molecule has 2 N–H and O–H groups in total. The number of methoxy groups -OCH3 is 1. The van der Waals surface area contributed by atoms with Gasteiger partial charge in [-0.3, -0.25) is 14.4 Å². The summed E-state index contributed by atoms with van der Waals surface area (Å²) in [5.74, 6) is -0.430. The number of ether oxygens (including phenoxy) is 2. The second kappa shape index (κ2) is 12.0. The molecule has 0 radical (unpaired) electrons. The number of nitrogens with one attached hydrogen (secondary N) is 2. The van der Waals surface area contributed by atoms with Gasteiger partial charge in [0.15, 0.2) is 0 Å². The molecule has 6 unspecified atom stereocenters. The molecule has 4 fully saturated rings. The lowest BCUT2D eigenvalue weighted by molar-refractivity contribution is -0.141. The summed E-state index contributed by atoms with van der Waals surface area (Å²) < 4.78 is 11.8. The number of benzene rings is 1. The highest BCUT2D eigenvalue weighted by Gasteiger charge is 2.72. The van der Waals surface area contributed by atoms with Crippen molar-refractivity contribution < 1.29 is 23.9 Å². The van der Waals surface area contributed by atoms with Crippen molar-refractivity contribution in [2.24, 2.45) is 23.7 Å². The fourth-order valence-electron chi connectivity index (χ4n) is 8.10. The highest BCUT2D eigenvalue weighted by Crippen LogP contribution is 2.55. The minimum atomic E-state index is -1.14. The number of anilines is 1. The van der Waals surface area contributed by atoms with E-state index in [0.717, 1.165) is 38.9 Å². The largest absolute Gasteiger partial charge is 0.497 e. The van der Waals surface area contributed by atoms with E-state index in [0.29, 0.717) is 29.8 Å². The molecule has 5 aliphatic rings. The molecule has 3 saturated heterocycles. The van der Waals surface area contributed by atoms with Gasteiger partial charge in [0.05, 0.1) is 25.0 Å². The molecule has 9 nitrogen and oxygen atoms in total. The maximum absolute atomic E-state index is 14.2. The van der Waals surface area contributed by atoms with E-state index in [2.05, 4.69) is 29.4 Å². The van der Waals surface area contributed by atoms with Gasteiger partial charge in [-0.1, -0.05) is 45.3 Å². The Morgan fingerprint density at radius 3 is 2.52 bits per heavy atom. The molecule has 9 heteroatoms. The number of hydrogen-bond acceptors (Lipinski definition) is 6. The van der Waals surface area contributed by atoms with Gasteiger partial charge in [-0.15, -0.1) is 0 Å². The fraction of sp³-hybridized carbons (Fsp3) is 0.667. The lowest BCUT2D eigenvalue weighted by Crippen LogP contribution is -2.58. The quantitative estimate of drug-likeness (QED) is 0.435. The number of fused-ring (bicyclic) bond motifs is 1. The molecular formula is C33H46N4O5. The first-order valence-corrected chi connectivity index (χ1v) is 16.0. The zero-order chi connectivity index (χ0) is 29.4. The van der Waals surface area contributed by atoms with Gasteiger partial charge in [0.1, 0.15) is 17.4 Å². The molecule has 1 aromatic rings. The van der Waals surface area contributed by atoms with E-state index in [-0.39, 0.29) is 23.8 Å². The third kappa shape index (κ3) is 5.23. The molecule has 1 spiro atoms. The Balaban J connectivity index is 1.24. The number of carbonyl (C=O) groups is 3. The molecule has 1 aliphatic carbocycles. The Labute approximate surface area is 249 Å². The summed E-state index contributed by atoms with van der Waals surface area (Å²) in [7, 11) is 1.60. The minimum Gasteiger partial charge on any atom is -0.497 e. The van der Waals surface area contributed by atoms with Crippen molar-refractivity contribution in [2.45, 2.75) is 82.6 Å². The Morgan fingerprint density at radius 1 is 1.02 bits per heavy atom. The highest BCUT2D eigenvalue weighted by atomic mass is 16.5. The predicted octanol–water partition coefficient (Wildman–Crippen LogP) is 3.60. The van der Waals surface area contributed by atoms with E-state index in [1.165, 1.54) is 25.7 Å². The first kappa shape index (κ1) is 29.2. The van der Waals surface area contributed by atoms with Gasteiger partial charge in [0.2, 0.25) is 17.7 Å². The van der Waals surface area contributed by atoms with Crippen molar-refractivity contribution >= 4 is 23.4 Å². The van der Waals surface area contributed by atoms with Crippen LogP contribution in [0.25, 0.3) is 0 Å². The zero-order valence-electron chi connectivity index (χ0n) is 25.2. The van der Waals surface area contributed by atoms with Crippen LogP contribution in [0.3, 0.4) is 0 Å². The van der Waals surface area contributed by atoms with Crippen LogP contribution in [0.1, 0.15) is 58.8 Å². The highest BCUT2D eigenvalue weighted by molar-refractivity contribution is 6.02. The summed E-state index contributed by atoms with van der Waals surface area (Å²) in [5, 5.41) is 6.33. The van der Waals surface area contributed by atoms with Crippen molar-refractivity contribution in [3.63, 3.8) is 0 Å². The monoisotopic (exact) mass is 578 g/mol. The summed E-state index contributed by atoms with van der Waals surface area (Å²) in [6.45, 7) is 8.00. The number of nitrogens with zero attached hydrogens (tertiary/aromatic N) is 2. The fourth-order valence-corrected chi connectivity index (χ4v) is 8.10. The van der Waals surface area contributed by atoms with Gasteiger partial charge in [0, 0.05) is 18.3 Å². The maximum Gasteiger partial charge on any atom is 0.246 e. The first-order valence-electron chi connectivity index (χ1n) is 16.0. The van der Waals surface area contributed by atoms with Crippen LogP contribution in [0.5, 0.6) is 5.75 Å². The Hall–Kier alpha value is -2.91. The predicted molar refractivity (Wildman–Crippen MR) is 160 cm³/mol. The Bertz CT molecular complexity index is 1200. The number of likely N-dealkylation sites (tertiary alicyclic amines) is 2. The molecule has 1 aromatic carbocycles. The smallest absolute Gasteiger partial charge is 0.246 e. The van der Waals surface area contributed by atoms with E-state index in [9.17, 15) is 14.4 Å². The molecule has 6 rings (SSSR count). The molecule has 42 heavy (non-hydrogen) atoms. The van der Waals surface area contributed by atoms with Gasteiger partial charge >= 0.3 is 0 Å². The van der Waals surface area contributed by atoms with E-state index < -0.39 is 29.6 Å². The van der Waals surface area contributed by atoms with Gasteiger partial charge in [-0.2, -0.15) is 0 Å². The number of carbonyl (C=O) groups excluding carboxylic acids is 3. The molecule has 1 saturated carbocycles. The van der Waals surface area contributed by atoms with Crippen molar-refractivity contribution in [1.82, 2.24) is 15.1 Å². The van der Waals surface area contributed by atoms with Crippen LogP contribution in [0.4, 0.5) is 5.69 Å². The molecule has 0 aromatic heterocycles. The van der Waals surface area contributed by atoms with Gasteiger partial charge in [0.25, 0.3) is 0 Å². The lowest BCUT2D eigenvalue weighted by Gasteiger charge is -2.38. The second-order valence-corrected chi connectivity index (χ2v) is 13.1. The van der Waals surface area contributed by atoms with Crippen molar-refractivity contribution in [2.75, 3.05) is 38.6 Å². The normalized spacial score (nSPS) is 35.7. The molecule has 4 heterocycles. The van der Waals surface area contributed by atoms with Crippen LogP contribution in [-0.2, 0) is 19.1 Å². The standard InChI is InChI=1S/C33H46N4O5/c1-21-9-7-10-25(22(21)2)35-31(39)29-33-16-15-26(42-33)27(30(38)34-23-11-13-24(41-3)14-12-23)28(33)32(40)37(29)20-8-19-36-17-5-4-6-18-36/h11-16,21-22,25-29H,4-10,17-20H2,1-3H3,(H,34,38)(H,35,39)/t21?,22?,25?,26-,27?,28-,29?,33?/m1/s1. The molecular weight excluding hydrogens is 532 g/mol. The van der Waals surface area contributed by atoms with E-state index in [1.807, 2.05) is 12.2 Å². The van der Waals surface area contributed by atoms with Crippen LogP contribution < -0.4 is 15.4 Å². The molecule has 2 bridgehead atoms. The Kier molecular flexibility index (Phi) is 8.33. The zero-order valence-corrected chi connectivity index (χ0v) is 25.2. The van der Waals surface area contributed by atoms with Crippen LogP contribution in [0, 0.1) is 23.7 Å². The summed E-state index contributed by atoms with van der Waals surface area (Å²) >= 11 is 0. The van der Waals surface area contributed by atoms with Crippen LogP contribution in [0.15, 0.2) is 36.4 Å². The molecule has 4 aliphatic heterocycles. The molecule has 3 amide bonds. The van der Waals surface area contributed by atoms with Crippen molar-refractivity contribution in [3.05, 3.63) is 36.4 Å². The molecule has 8 atom stereocenters. The summed E-state index contributed by atoms with van der Waals surface area (Å²) in [4.78, 5) is 46.3. The van der Waals surface area contributed by atoms with Gasteiger partial charge in [-0.25, -0.2) is 0 Å². The average Bonchev–Trinajstić information content (AvgIpc) is 3.64. The minimum absolute atomic E-state index is 0.0683. The van der Waals surface area contributed by atoms with Crippen molar-refractivity contribution in [3.8, 4) is 5.75 Å². The van der Waals surface area contributed by atoms with E-state index >= 15 is 0 Å². The van der Waals surface area contributed by atoms with Crippen LogP contribution >= 0.6 is 0 Å². The Morgan fingerprint density at radius 2 is 1.79 bits per heavy atom. The molecule has 228 valence electrons. The summed E-state index contributed by atoms with van der Waals surface area (Å²) in [6.07, 6.45) is 10.9. The summed E-state index contributed by atoms with van der Waals surface area (Å²) in [6, 6.07) is 6.41. The average molecular weight is 579 g/mol. The third-order valence-corrected chi connectivity index (χ3v) is 10.6. The number of amides is 3. The topological polar surface area (TPSA) is 100 Å². The lowest BCUT2D eigenvalue weighted by atomic mass is 9.73. The number of hydrogen-bond donors (Lipinski definition) is 2. The van der Waals surface area contributed by atoms with E-state index in [4.69, 9.17) is 9.47 Å². The second-order valence-electron chi connectivity index (χ2n) is 13.1. The number of rotatable bonds is 9. The van der Waals surface area contributed by atoms with Crippen LogP contribution in [0.2, 0.25) is 0 Å². The third-order valence-electron chi connectivity index (χ3n) is 10.6. The van der Waals surface area contributed by atoms with E-state index in [1.54, 1.807) is 36.3 Å². The summed E-state index contributed by atoms with van der Waals surface area (Å²) in [5.41, 5.74) is -0.511. The number of piperidine rings is 1. The SMILES string of the molecule is COc1ccc(NC(=O)C2[C@H]3C=CC4(O3)C(C(=O)NC3CCCC(C)C3C)N(CCCN3CCCCC3)C(=O)[C@@H]24)cc1. The van der Waals surface area contributed by atoms with Gasteiger partial charge in [-0.05, 0) is 81.4 Å². The first-order chi connectivity index (χ1) is 20.3. The van der Waals surface area contributed by atoms with Gasteiger partial charge < -0.3 is 29.9 Å². The van der Waals surface area contributed by atoms with Crippen LogP contribution in [-0.4, -0.2) is 84.6 Å². The maximum atomic E-state index is 14.2. The van der Waals surface area contributed by atoms with Crippen molar-refractivity contribution in [1.29, 1.82) is 0 Å².